The van der Waals surface area contributed by atoms with Crippen LogP contribution in [0.4, 0.5) is 4.39 Å². The van der Waals surface area contributed by atoms with Gasteiger partial charge in [0.2, 0.25) is 0 Å². The van der Waals surface area contributed by atoms with Crippen LogP contribution in [0.25, 0.3) is 11.0 Å². The first-order chi connectivity index (χ1) is 12.6. The molecule has 0 spiro atoms. The Morgan fingerprint density at radius 2 is 2.00 bits per heavy atom. The standard InChI is InChI=1S/C20H24FN5.HI/c1-15-24-18-9-4-5-10-19(18)26(15)12-11-23-20(22-2)25(3)14-16-7-6-8-17(21)13-16;/h4-10,13H,11-12,14H2,1-3H3,(H,22,23);1H. The van der Waals surface area contributed by atoms with Crippen LogP contribution in [0.3, 0.4) is 0 Å². The number of para-hydroxylation sites is 2. The van der Waals surface area contributed by atoms with Gasteiger partial charge >= 0.3 is 0 Å². The van der Waals surface area contributed by atoms with Gasteiger partial charge in [-0.3, -0.25) is 4.99 Å². The normalized spacial score (nSPS) is 11.3. The van der Waals surface area contributed by atoms with E-state index in [1.54, 1.807) is 19.2 Å². The van der Waals surface area contributed by atoms with Gasteiger partial charge < -0.3 is 14.8 Å². The first-order valence-electron chi connectivity index (χ1n) is 8.66. The fraction of sp³-hybridized carbons (Fsp3) is 0.300. The van der Waals surface area contributed by atoms with Crippen LogP contribution in [0, 0.1) is 12.7 Å². The predicted molar refractivity (Wildman–Crippen MR) is 119 cm³/mol. The number of hydrogen-bond acceptors (Lipinski definition) is 2. The van der Waals surface area contributed by atoms with Gasteiger partial charge in [0.05, 0.1) is 11.0 Å². The molecule has 0 aliphatic carbocycles. The van der Waals surface area contributed by atoms with Gasteiger partial charge in [0.1, 0.15) is 11.6 Å². The van der Waals surface area contributed by atoms with Crippen molar-refractivity contribution < 1.29 is 4.39 Å². The van der Waals surface area contributed by atoms with Gasteiger partial charge in [-0.15, -0.1) is 24.0 Å². The van der Waals surface area contributed by atoms with Crippen molar-refractivity contribution in [1.82, 2.24) is 19.8 Å². The summed E-state index contributed by atoms with van der Waals surface area (Å²) < 4.78 is 15.5. The van der Waals surface area contributed by atoms with Crippen molar-refractivity contribution in [2.75, 3.05) is 20.6 Å². The highest BCUT2D eigenvalue weighted by Gasteiger charge is 2.09. The third kappa shape index (κ3) is 5.18. The molecule has 2 aromatic carbocycles. The number of aliphatic imine (C=N–C) groups is 1. The molecule has 0 saturated carbocycles. The molecule has 0 saturated heterocycles. The molecule has 1 aromatic heterocycles. The average molecular weight is 481 g/mol. The number of nitrogens with zero attached hydrogens (tertiary/aromatic N) is 4. The van der Waals surface area contributed by atoms with Gasteiger partial charge in [-0.05, 0) is 36.8 Å². The molecule has 0 atom stereocenters. The van der Waals surface area contributed by atoms with E-state index < -0.39 is 0 Å². The van der Waals surface area contributed by atoms with Gasteiger partial charge in [-0.25, -0.2) is 9.37 Å². The number of fused-ring (bicyclic) bond motifs is 1. The molecule has 0 fully saturated rings. The number of aromatic nitrogens is 2. The lowest BCUT2D eigenvalue weighted by Gasteiger charge is -2.22. The van der Waals surface area contributed by atoms with E-state index in [1.165, 1.54) is 6.07 Å². The van der Waals surface area contributed by atoms with E-state index >= 15 is 0 Å². The molecule has 144 valence electrons. The molecule has 0 bridgehead atoms. The highest BCUT2D eigenvalue weighted by molar-refractivity contribution is 14.0. The van der Waals surface area contributed by atoms with Crippen molar-refractivity contribution in [2.24, 2.45) is 4.99 Å². The van der Waals surface area contributed by atoms with Crippen molar-refractivity contribution >= 4 is 41.0 Å². The number of imidazole rings is 1. The number of rotatable bonds is 5. The second kappa shape index (κ2) is 9.68. The Morgan fingerprint density at radius 3 is 2.74 bits per heavy atom. The summed E-state index contributed by atoms with van der Waals surface area (Å²) in [5, 5.41) is 3.37. The summed E-state index contributed by atoms with van der Waals surface area (Å²) in [4.78, 5) is 10.9. The van der Waals surface area contributed by atoms with Crippen molar-refractivity contribution in [3.63, 3.8) is 0 Å². The lowest BCUT2D eigenvalue weighted by Crippen LogP contribution is -2.39. The molecule has 0 aliphatic heterocycles. The minimum Gasteiger partial charge on any atom is -0.354 e. The Bertz CT molecular complexity index is 922. The molecule has 0 aliphatic rings. The van der Waals surface area contributed by atoms with E-state index in [2.05, 4.69) is 25.9 Å². The molecule has 3 rings (SSSR count). The predicted octanol–water partition coefficient (Wildman–Crippen LogP) is 3.81. The number of benzene rings is 2. The Morgan fingerprint density at radius 1 is 1.22 bits per heavy atom. The quantitative estimate of drug-likeness (QED) is 0.343. The largest absolute Gasteiger partial charge is 0.354 e. The van der Waals surface area contributed by atoms with Crippen LogP contribution < -0.4 is 5.32 Å². The summed E-state index contributed by atoms with van der Waals surface area (Å²) in [7, 11) is 3.69. The topological polar surface area (TPSA) is 45.5 Å². The summed E-state index contributed by atoms with van der Waals surface area (Å²) in [5.74, 6) is 1.55. The minimum absolute atomic E-state index is 0. The van der Waals surface area contributed by atoms with Crippen LogP contribution in [0.15, 0.2) is 53.5 Å². The Labute approximate surface area is 176 Å². The molecule has 1 N–H and O–H groups in total. The Kier molecular flexibility index (Phi) is 7.58. The van der Waals surface area contributed by atoms with Crippen molar-refractivity contribution in [3.05, 3.63) is 65.7 Å². The summed E-state index contributed by atoms with van der Waals surface area (Å²) in [6, 6.07) is 14.8. The molecule has 0 amide bonds. The fourth-order valence-corrected chi connectivity index (χ4v) is 3.13. The highest BCUT2D eigenvalue weighted by Crippen LogP contribution is 2.14. The van der Waals surface area contributed by atoms with Crippen LogP contribution in [-0.2, 0) is 13.1 Å². The molecular weight excluding hydrogens is 456 g/mol. The summed E-state index contributed by atoms with van der Waals surface area (Å²) in [6.45, 7) is 4.12. The lowest BCUT2D eigenvalue weighted by molar-refractivity contribution is 0.471. The third-order valence-corrected chi connectivity index (χ3v) is 4.35. The number of halogens is 2. The smallest absolute Gasteiger partial charge is 0.193 e. The molecule has 1 heterocycles. The average Bonchev–Trinajstić information content (AvgIpc) is 2.94. The SMILES string of the molecule is CN=C(NCCn1c(C)nc2ccccc21)N(C)Cc1cccc(F)c1.I. The molecule has 0 radical (unpaired) electrons. The van der Waals surface area contributed by atoms with E-state index in [1.807, 2.05) is 43.1 Å². The zero-order valence-electron chi connectivity index (χ0n) is 15.8. The van der Waals surface area contributed by atoms with Crippen molar-refractivity contribution in [3.8, 4) is 0 Å². The van der Waals surface area contributed by atoms with E-state index in [0.29, 0.717) is 6.54 Å². The van der Waals surface area contributed by atoms with Gasteiger partial charge in [0.15, 0.2) is 5.96 Å². The molecule has 27 heavy (non-hydrogen) atoms. The van der Waals surface area contributed by atoms with Crippen LogP contribution in [0.2, 0.25) is 0 Å². The zero-order valence-corrected chi connectivity index (χ0v) is 18.1. The van der Waals surface area contributed by atoms with Gasteiger partial charge in [0.25, 0.3) is 0 Å². The molecular formula is C20H25FIN5. The van der Waals surface area contributed by atoms with Gasteiger partial charge in [-0.1, -0.05) is 24.3 Å². The summed E-state index contributed by atoms with van der Waals surface area (Å²) in [5.41, 5.74) is 3.06. The maximum Gasteiger partial charge on any atom is 0.193 e. The van der Waals surface area contributed by atoms with E-state index in [0.717, 1.165) is 41.5 Å². The first-order valence-corrected chi connectivity index (χ1v) is 8.66. The molecule has 0 unspecified atom stereocenters. The highest BCUT2D eigenvalue weighted by atomic mass is 127. The van der Waals surface area contributed by atoms with E-state index in [9.17, 15) is 4.39 Å². The lowest BCUT2D eigenvalue weighted by atomic mass is 10.2. The molecule has 7 heteroatoms. The van der Waals surface area contributed by atoms with E-state index in [4.69, 9.17) is 0 Å². The number of guanidine groups is 1. The Hall–Kier alpha value is -2.16. The van der Waals surface area contributed by atoms with Gasteiger partial charge in [-0.2, -0.15) is 0 Å². The summed E-state index contributed by atoms with van der Waals surface area (Å²) in [6.07, 6.45) is 0. The maximum absolute atomic E-state index is 13.4. The number of aryl methyl sites for hydroxylation is 1. The van der Waals surface area contributed by atoms with E-state index in [-0.39, 0.29) is 29.8 Å². The molecule has 3 aromatic rings. The number of nitrogens with one attached hydrogen (secondary N) is 1. The minimum atomic E-state index is -0.221. The van der Waals surface area contributed by atoms with Crippen molar-refractivity contribution in [1.29, 1.82) is 0 Å². The van der Waals surface area contributed by atoms with Crippen LogP contribution in [0.5, 0.6) is 0 Å². The monoisotopic (exact) mass is 481 g/mol. The molecule has 5 nitrogen and oxygen atoms in total. The van der Waals surface area contributed by atoms with Gasteiger partial charge in [0, 0.05) is 33.7 Å². The second-order valence-electron chi connectivity index (χ2n) is 6.26. The van der Waals surface area contributed by atoms with Crippen LogP contribution in [0.1, 0.15) is 11.4 Å². The number of hydrogen-bond donors (Lipinski definition) is 1. The third-order valence-electron chi connectivity index (χ3n) is 4.35. The van der Waals surface area contributed by atoms with Crippen molar-refractivity contribution in [2.45, 2.75) is 20.0 Å². The van der Waals surface area contributed by atoms with Crippen LogP contribution in [-0.4, -0.2) is 41.1 Å². The van der Waals surface area contributed by atoms with Crippen LogP contribution >= 0.6 is 24.0 Å². The first kappa shape index (κ1) is 21.1. The summed E-state index contributed by atoms with van der Waals surface area (Å²) >= 11 is 0. The maximum atomic E-state index is 13.4. The fourth-order valence-electron chi connectivity index (χ4n) is 3.13. The zero-order chi connectivity index (χ0) is 18.5. The second-order valence-corrected chi connectivity index (χ2v) is 6.26. The Balaban J connectivity index is 0.00000261.